The Morgan fingerprint density at radius 2 is 2.06 bits per heavy atom. The molecule has 2 rings (SSSR count). The van der Waals surface area contributed by atoms with E-state index in [2.05, 4.69) is 10.3 Å². The number of nitrogens with one attached hydrogen (secondary N) is 1. The highest BCUT2D eigenvalue weighted by Gasteiger charge is 2.07. The zero-order valence-electron chi connectivity index (χ0n) is 9.55. The predicted molar refractivity (Wildman–Crippen MR) is 66.1 cm³/mol. The fraction of sp³-hybridized carbons (Fsp3) is 0.167. The summed E-state index contributed by atoms with van der Waals surface area (Å²) in [6.07, 6.45) is 0. The van der Waals surface area contributed by atoms with Crippen LogP contribution in [0.5, 0.6) is 0 Å². The highest BCUT2D eigenvalue weighted by Crippen LogP contribution is 2.08. The van der Waals surface area contributed by atoms with Crippen molar-refractivity contribution in [1.29, 1.82) is 0 Å². The monoisotopic (exact) mass is 230 g/mol. The molecule has 5 nitrogen and oxygen atoms in total. The summed E-state index contributed by atoms with van der Waals surface area (Å²) in [5.74, 6) is 1.09. The number of hydrogen-bond acceptors (Lipinski definition) is 4. The van der Waals surface area contributed by atoms with Crippen molar-refractivity contribution in [1.82, 2.24) is 4.98 Å². The summed E-state index contributed by atoms with van der Waals surface area (Å²) in [5.41, 5.74) is 6.70. The van der Waals surface area contributed by atoms with Gasteiger partial charge in [0.2, 0.25) is 17.5 Å². The van der Waals surface area contributed by atoms with Gasteiger partial charge in [0.1, 0.15) is 0 Å². The molecule has 0 saturated carbocycles. The predicted octanol–water partition coefficient (Wildman–Crippen LogP) is 1.22. The van der Waals surface area contributed by atoms with E-state index in [-0.39, 0.29) is 5.82 Å². The summed E-state index contributed by atoms with van der Waals surface area (Å²) < 4.78 is 0.605. The Balaban J connectivity index is 2.10. The molecule has 1 aromatic carbocycles. The molecule has 17 heavy (non-hydrogen) atoms. The van der Waals surface area contributed by atoms with Crippen LogP contribution >= 0.6 is 0 Å². The molecule has 3 N–H and O–H groups in total. The molecule has 0 amide bonds. The number of nitrogens with zero attached hydrogens (tertiary/aromatic N) is 2. The Hall–Kier alpha value is -2.30. The van der Waals surface area contributed by atoms with Gasteiger partial charge in [-0.3, -0.25) is 0 Å². The average molecular weight is 230 g/mol. The first-order valence-corrected chi connectivity index (χ1v) is 5.31. The third-order valence-corrected chi connectivity index (χ3v) is 2.41. The summed E-state index contributed by atoms with van der Waals surface area (Å²) in [7, 11) is 0. The maximum absolute atomic E-state index is 11.3. The van der Waals surface area contributed by atoms with Crippen molar-refractivity contribution >= 4 is 11.6 Å². The SMILES string of the molecule is Cc1nc(NCc2ccccc2)cc(N)[n+]1[O-]. The Morgan fingerprint density at radius 1 is 1.35 bits per heavy atom. The molecule has 0 bridgehead atoms. The minimum atomic E-state index is 0.146. The molecule has 1 heterocycles. The van der Waals surface area contributed by atoms with Crippen molar-refractivity contribution in [2.24, 2.45) is 0 Å². The van der Waals surface area contributed by atoms with E-state index in [4.69, 9.17) is 5.73 Å². The second-order valence-corrected chi connectivity index (χ2v) is 3.75. The molecule has 2 aromatic rings. The molecule has 0 unspecified atom stereocenters. The largest absolute Gasteiger partial charge is 0.740 e. The van der Waals surface area contributed by atoms with Crippen LogP contribution in [0.25, 0.3) is 0 Å². The summed E-state index contributed by atoms with van der Waals surface area (Å²) in [6.45, 7) is 2.27. The maximum Gasteiger partial charge on any atom is 0.238 e. The average Bonchev–Trinajstić information content (AvgIpc) is 2.34. The van der Waals surface area contributed by atoms with Crippen LogP contribution in [-0.2, 0) is 6.54 Å². The van der Waals surface area contributed by atoms with Crippen molar-refractivity contribution in [2.45, 2.75) is 13.5 Å². The van der Waals surface area contributed by atoms with Crippen molar-refractivity contribution in [3.05, 3.63) is 53.0 Å². The fourth-order valence-electron chi connectivity index (χ4n) is 1.52. The van der Waals surface area contributed by atoms with Crippen LogP contribution < -0.4 is 15.8 Å². The standard InChI is InChI=1S/C12H14N4O/c1-9-15-12(7-11(13)16(9)17)14-8-10-5-3-2-4-6-10/h2-7H,8,13H2,1H3,(H,14,15). The number of aromatic nitrogens is 2. The van der Waals surface area contributed by atoms with Crippen LogP contribution in [0.3, 0.4) is 0 Å². The number of rotatable bonds is 3. The minimum absolute atomic E-state index is 0.146. The van der Waals surface area contributed by atoms with E-state index in [9.17, 15) is 5.21 Å². The molecule has 88 valence electrons. The van der Waals surface area contributed by atoms with E-state index in [1.807, 2.05) is 30.3 Å². The normalized spacial score (nSPS) is 10.2. The molecule has 0 atom stereocenters. The fourth-order valence-corrected chi connectivity index (χ4v) is 1.52. The number of hydrogen-bond donors (Lipinski definition) is 2. The molecule has 5 heteroatoms. The van der Waals surface area contributed by atoms with E-state index in [1.165, 1.54) is 6.07 Å². The summed E-state index contributed by atoms with van der Waals surface area (Å²) >= 11 is 0. The molecular formula is C12H14N4O. The lowest BCUT2D eigenvalue weighted by atomic mass is 10.2. The quantitative estimate of drug-likeness (QED) is 0.614. The van der Waals surface area contributed by atoms with Gasteiger partial charge in [0.25, 0.3) is 0 Å². The zero-order valence-corrected chi connectivity index (χ0v) is 9.55. The lowest BCUT2D eigenvalue weighted by Crippen LogP contribution is -2.35. The molecule has 0 aliphatic rings. The van der Waals surface area contributed by atoms with Gasteiger partial charge in [0.05, 0.1) is 6.07 Å². The number of aryl methyl sites for hydroxylation is 1. The van der Waals surface area contributed by atoms with E-state index < -0.39 is 0 Å². The number of nitrogen functional groups attached to an aromatic ring is 1. The molecule has 0 spiro atoms. The summed E-state index contributed by atoms with van der Waals surface area (Å²) in [6, 6.07) is 11.5. The topological polar surface area (TPSA) is 77.9 Å². The molecule has 0 aliphatic carbocycles. The highest BCUT2D eigenvalue weighted by atomic mass is 16.5. The molecular weight excluding hydrogens is 216 g/mol. The van der Waals surface area contributed by atoms with Gasteiger partial charge in [-0.05, 0) is 5.56 Å². The number of nitrogens with two attached hydrogens (primary N) is 1. The second-order valence-electron chi connectivity index (χ2n) is 3.75. The van der Waals surface area contributed by atoms with Crippen LogP contribution in [0.2, 0.25) is 0 Å². The van der Waals surface area contributed by atoms with Crippen LogP contribution in [0.1, 0.15) is 11.4 Å². The number of benzene rings is 1. The summed E-state index contributed by atoms with van der Waals surface area (Å²) in [5, 5.41) is 14.4. The van der Waals surface area contributed by atoms with Gasteiger partial charge in [-0.1, -0.05) is 35.3 Å². The first-order valence-electron chi connectivity index (χ1n) is 5.31. The summed E-state index contributed by atoms with van der Waals surface area (Å²) in [4.78, 5) is 4.11. The van der Waals surface area contributed by atoms with E-state index >= 15 is 0 Å². The van der Waals surface area contributed by atoms with E-state index in [0.717, 1.165) is 5.56 Å². The van der Waals surface area contributed by atoms with Gasteiger partial charge < -0.3 is 16.3 Å². The van der Waals surface area contributed by atoms with Crippen LogP contribution in [0, 0.1) is 12.1 Å². The van der Waals surface area contributed by atoms with Gasteiger partial charge in [-0.2, -0.15) is 0 Å². The van der Waals surface area contributed by atoms with Gasteiger partial charge in [-0.15, -0.1) is 0 Å². The smallest absolute Gasteiger partial charge is 0.238 e. The third kappa shape index (κ3) is 2.63. The lowest BCUT2D eigenvalue weighted by molar-refractivity contribution is -0.600. The van der Waals surface area contributed by atoms with Crippen molar-refractivity contribution in [3.63, 3.8) is 0 Å². The van der Waals surface area contributed by atoms with Gasteiger partial charge in [0, 0.05) is 13.5 Å². The Morgan fingerprint density at radius 3 is 2.71 bits per heavy atom. The first kappa shape index (κ1) is 11.2. The van der Waals surface area contributed by atoms with Crippen LogP contribution in [0.4, 0.5) is 11.6 Å². The maximum atomic E-state index is 11.3. The molecule has 0 fully saturated rings. The van der Waals surface area contributed by atoms with Gasteiger partial charge >= 0.3 is 0 Å². The zero-order chi connectivity index (χ0) is 12.3. The lowest BCUT2D eigenvalue weighted by Gasteiger charge is -2.10. The van der Waals surface area contributed by atoms with E-state index in [0.29, 0.717) is 22.9 Å². The number of anilines is 2. The Kier molecular flexibility index (Phi) is 3.09. The Bertz CT molecular complexity index is 490. The molecule has 1 aromatic heterocycles. The van der Waals surface area contributed by atoms with Crippen LogP contribution in [0.15, 0.2) is 36.4 Å². The first-order chi connectivity index (χ1) is 8.16. The Labute approximate surface area is 99.5 Å². The van der Waals surface area contributed by atoms with E-state index in [1.54, 1.807) is 6.92 Å². The van der Waals surface area contributed by atoms with Gasteiger partial charge in [-0.25, -0.2) is 4.73 Å². The van der Waals surface area contributed by atoms with Gasteiger partial charge in [0.15, 0.2) is 0 Å². The van der Waals surface area contributed by atoms with Crippen molar-refractivity contribution in [2.75, 3.05) is 11.1 Å². The van der Waals surface area contributed by atoms with Crippen LogP contribution in [-0.4, -0.2) is 4.98 Å². The molecule has 0 saturated heterocycles. The molecule has 0 aliphatic heterocycles. The molecule has 0 radical (unpaired) electrons. The van der Waals surface area contributed by atoms with Crippen molar-refractivity contribution < 1.29 is 4.73 Å². The highest BCUT2D eigenvalue weighted by molar-refractivity contribution is 5.42. The third-order valence-electron chi connectivity index (χ3n) is 2.41. The second kappa shape index (κ2) is 4.69. The minimum Gasteiger partial charge on any atom is -0.740 e. The van der Waals surface area contributed by atoms with Crippen molar-refractivity contribution in [3.8, 4) is 0 Å².